The first-order chi connectivity index (χ1) is 28.2. The Morgan fingerprint density at radius 1 is 0.281 bits per heavy atom. The van der Waals surface area contributed by atoms with Gasteiger partial charge in [-0.1, -0.05) is 152 Å². The molecular formula is C51H31N5O. The number of para-hydroxylation sites is 1. The van der Waals surface area contributed by atoms with Gasteiger partial charge < -0.3 is 4.42 Å². The molecule has 266 valence electrons. The van der Waals surface area contributed by atoms with Gasteiger partial charge in [0.05, 0.1) is 16.6 Å². The van der Waals surface area contributed by atoms with Crippen LogP contribution in [-0.2, 0) is 0 Å². The molecule has 6 nitrogen and oxygen atoms in total. The van der Waals surface area contributed by atoms with Crippen LogP contribution in [-0.4, -0.2) is 24.9 Å². The molecule has 0 saturated heterocycles. The van der Waals surface area contributed by atoms with Crippen molar-refractivity contribution in [3.63, 3.8) is 0 Å². The fraction of sp³-hybridized carbons (Fsp3) is 0. The summed E-state index contributed by atoms with van der Waals surface area (Å²) in [4.78, 5) is 24.9. The number of aromatic nitrogens is 5. The van der Waals surface area contributed by atoms with E-state index in [-0.39, 0.29) is 0 Å². The highest BCUT2D eigenvalue weighted by Crippen LogP contribution is 2.35. The third kappa shape index (κ3) is 5.97. The molecule has 11 aromatic rings. The van der Waals surface area contributed by atoms with Crippen LogP contribution < -0.4 is 0 Å². The summed E-state index contributed by atoms with van der Waals surface area (Å²) in [6, 6.07) is 64.3. The Morgan fingerprint density at radius 3 is 1.44 bits per heavy atom. The van der Waals surface area contributed by atoms with Gasteiger partial charge in [0.2, 0.25) is 0 Å². The van der Waals surface area contributed by atoms with E-state index in [0.29, 0.717) is 17.5 Å². The molecule has 3 aromatic heterocycles. The highest BCUT2D eigenvalue weighted by atomic mass is 16.3. The molecule has 8 aromatic carbocycles. The molecule has 11 rings (SSSR count). The molecular weight excluding hydrogens is 699 g/mol. The van der Waals surface area contributed by atoms with Gasteiger partial charge >= 0.3 is 0 Å². The van der Waals surface area contributed by atoms with Crippen molar-refractivity contribution < 1.29 is 4.42 Å². The Morgan fingerprint density at radius 2 is 0.754 bits per heavy atom. The summed E-state index contributed by atoms with van der Waals surface area (Å²) in [6.45, 7) is 0. The summed E-state index contributed by atoms with van der Waals surface area (Å²) in [5, 5.41) is 2.12. The van der Waals surface area contributed by atoms with Crippen molar-refractivity contribution in [2.45, 2.75) is 0 Å². The van der Waals surface area contributed by atoms with Crippen LogP contribution in [0.3, 0.4) is 0 Å². The summed E-state index contributed by atoms with van der Waals surface area (Å²) in [7, 11) is 0. The van der Waals surface area contributed by atoms with E-state index >= 15 is 0 Å². The monoisotopic (exact) mass is 729 g/mol. The Bertz CT molecular complexity index is 3270. The molecule has 0 radical (unpaired) electrons. The second-order valence-corrected chi connectivity index (χ2v) is 14.1. The first-order valence-corrected chi connectivity index (χ1v) is 18.9. The molecule has 0 saturated carbocycles. The normalized spacial score (nSPS) is 11.5. The van der Waals surface area contributed by atoms with E-state index < -0.39 is 0 Å². The number of benzene rings is 8. The zero-order valence-corrected chi connectivity index (χ0v) is 30.5. The van der Waals surface area contributed by atoms with Gasteiger partial charge in [0.15, 0.2) is 23.1 Å². The van der Waals surface area contributed by atoms with Crippen molar-refractivity contribution in [3.05, 3.63) is 188 Å². The Labute approximate surface area is 327 Å². The molecule has 6 heteroatoms. The second kappa shape index (κ2) is 13.5. The van der Waals surface area contributed by atoms with Crippen molar-refractivity contribution in [1.82, 2.24) is 24.9 Å². The Balaban J connectivity index is 0.924. The van der Waals surface area contributed by atoms with E-state index in [9.17, 15) is 0 Å². The van der Waals surface area contributed by atoms with E-state index in [1.54, 1.807) is 0 Å². The second-order valence-electron chi connectivity index (χ2n) is 14.1. The van der Waals surface area contributed by atoms with E-state index in [2.05, 4.69) is 121 Å². The predicted octanol–water partition coefficient (Wildman–Crippen LogP) is 12.9. The Hall–Kier alpha value is -7.83. The predicted molar refractivity (Wildman–Crippen MR) is 230 cm³/mol. The number of furan rings is 1. The van der Waals surface area contributed by atoms with Gasteiger partial charge in [-0.25, -0.2) is 24.9 Å². The van der Waals surface area contributed by atoms with Gasteiger partial charge in [-0.15, -0.1) is 0 Å². The average Bonchev–Trinajstić information content (AvgIpc) is 3.68. The molecule has 0 aliphatic rings. The standard InChI is InChI=1S/C51H31N5O/c1-3-10-32(11-4-1)33-18-22-36(23-19-33)50-54-49(35-12-5-2-6-13-35)55-51(56-50)37-24-20-34(21-25-37)38-14-9-15-39(30-38)40-26-28-43-45(31-40)53-47-44(52-43)29-27-42-41-16-7-8-17-46(41)57-48(42)47/h1-31H. The minimum absolute atomic E-state index is 0.621. The highest BCUT2D eigenvalue weighted by molar-refractivity contribution is 6.14. The number of hydrogen-bond donors (Lipinski definition) is 0. The first kappa shape index (κ1) is 32.6. The summed E-state index contributed by atoms with van der Waals surface area (Å²) in [5.74, 6) is 1.89. The van der Waals surface area contributed by atoms with Crippen LogP contribution in [0.4, 0.5) is 0 Å². The van der Waals surface area contributed by atoms with Gasteiger partial charge in [0, 0.05) is 27.5 Å². The summed E-state index contributed by atoms with van der Waals surface area (Å²) in [6.07, 6.45) is 0. The van der Waals surface area contributed by atoms with Crippen LogP contribution in [0.5, 0.6) is 0 Å². The van der Waals surface area contributed by atoms with Crippen LogP contribution >= 0.6 is 0 Å². The van der Waals surface area contributed by atoms with Crippen molar-refractivity contribution in [3.8, 4) is 67.5 Å². The first-order valence-electron chi connectivity index (χ1n) is 18.9. The van der Waals surface area contributed by atoms with Crippen LogP contribution in [0.2, 0.25) is 0 Å². The van der Waals surface area contributed by atoms with Crippen LogP contribution in [0.1, 0.15) is 0 Å². The molecule has 0 amide bonds. The van der Waals surface area contributed by atoms with Crippen LogP contribution in [0.25, 0.3) is 112 Å². The molecule has 0 unspecified atom stereocenters. The summed E-state index contributed by atoms with van der Waals surface area (Å²) >= 11 is 0. The number of fused-ring (bicyclic) bond motifs is 6. The maximum absolute atomic E-state index is 6.29. The van der Waals surface area contributed by atoms with Gasteiger partial charge in [-0.2, -0.15) is 0 Å². The lowest BCUT2D eigenvalue weighted by atomic mass is 9.98. The van der Waals surface area contributed by atoms with Crippen molar-refractivity contribution in [1.29, 1.82) is 0 Å². The van der Waals surface area contributed by atoms with Crippen molar-refractivity contribution >= 4 is 44.0 Å². The Kier molecular flexibility index (Phi) is 7.71. The van der Waals surface area contributed by atoms with E-state index in [1.807, 2.05) is 66.7 Å². The number of rotatable bonds is 6. The highest BCUT2D eigenvalue weighted by Gasteiger charge is 2.15. The SMILES string of the molecule is c1ccc(-c2ccc(-c3nc(-c4ccccc4)nc(-c4ccc(-c5cccc(-c6ccc7nc8ccc9c%10ccccc%10oc9c8nc7c6)c5)cc4)n3)cc2)cc1. The minimum Gasteiger partial charge on any atom is -0.454 e. The average molecular weight is 730 g/mol. The largest absolute Gasteiger partial charge is 0.454 e. The van der Waals surface area contributed by atoms with E-state index in [0.717, 1.165) is 88.5 Å². The lowest BCUT2D eigenvalue weighted by Crippen LogP contribution is -2.00. The molecule has 0 N–H and O–H groups in total. The number of hydrogen-bond acceptors (Lipinski definition) is 6. The zero-order valence-electron chi connectivity index (χ0n) is 30.5. The maximum atomic E-state index is 6.29. The topological polar surface area (TPSA) is 77.6 Å². The van der Waals surface area contributed by atoms with Crippen molar-refractivity contribution in [2.75, 3.05) is 0 Å². The van der Waals surface area contributed by atoms with Crippen molar-refractivity contribution in [2.24, 2.45) is 0 Å². The third-order valence-corrected chi connectivity index (χ3v) is 10.5. The molecule has 3 heterocycles. The quantitative estimate of drug-likeness (QED) is 0.159. The van der Waals surface area contributed by atoms with Crippen LogP contribution in [0, 0.1) is 0 Å². The van der Waals surface area contributed by atoms with E-state index in [1.165, 1.54) is 5.56 Å². The lowest BCUT2D eigenvalue weighted by Gasteiger charge is -2.10. The fourth-order valence-electron chi connectivity index (χ4n) is 7.58. The summed E-state index contributed by atoms with van der Waals surface area (Å²) < 4.78 is 6.29. The van der Waals surface area contributed by atoms with Crippen LogP contribution in [0.15, 0.2) is 192 Å². The van der Waals surface area contributed by atoms with Gasteiger partial charge in [0.25, 0.3) is 0 Å². The van der Waals surface area contributed by atoms with Gasteiger partial charge in [0.1, 0.15) is 11.1 Å². The fourth-order valence-corrected chi connectivity index (χ4v) is 7.58. The summed E-state index contributed by atoms with van der Waals surface area (Å²) in [5.41, 5.74) is 14.3. The molecule has 0 fully saturated rings. The molecule has 0 aliphatic heterocycles. The molecule has 0 spiro atoms. The van der Waals surface area contributed by atoms with E-state index in [4.69, 9.17) is 29.3 Å². The maximum Gasteiger partial charge on any atom is 0.164 e. The zero-order chi connectivity index (χ0) is 37.7. The molecule has 0 aliphatic carbocycles. The smallest absolute Gasteiger partial charge is 0.164 e. The lowest BCUT2D eigenvalue weighted by molar-refractivity contribution is 0.671. The minimum atomic E-state index is 0.621. The molecule has 0 atom stereocenters. The molecule has 57 heavy (non-hydrogen) atoms. The van der Waals surface area contributed by atoms with Gasteiger partial charge in [-0.3, -0.25) is 0 Å². The number of nitrogens with zero attached hydrogens (tertiary/aromatic N) is 5. The van der Waals surface area contributed by atoms with Gasteiger partial charge in [-0.05, 0) is 69.8 Å². The molecule has 0 bridgehead atoms. The third-order valence-electron chi connectivity index (χ3n) is 10.5.